The van der Waals surface area contributed by atoms with Crippen LogP contribution in [0, 0.1) is 0 Å². The summed E-state index contributed by atoms with van der Waals surface area (Å²) in [5.74, 6) is -1.03. The number of rotatable bonds is 6. The standard InChI is InChI=1S/C16H22N2O2.C2H6.H2/c1-6-11(4)7-12(5)13-8-14(18-10(2)3)15(16(19)20)17-9-13;1-2;/h7-10,18H,4,6H2,1-3,5H3,(H,19,20);1-2H3;1H/b12-7+;;. The highest BCUT2D eigenvalue weighted by Crippen LogP contribution is 2.22. The van der Waals surface area contributed by atoms with Crippen LogP contribution in [-0.4, -0.2) is 22.1 Å². The lowest BCUT2D eigenvalue weighted by Crippen LogP contribution is -2.15. The molecule has 0 aliphatic heterocycles. The minimum atomic E-state index is -1.03. The van der Waals surface area contributed by atoms with Crippen molar-refractivity contribution in [1.29, 1.82) is 0 Å². The van der Waals surface area contributed by atoms with Crippen molar-refractivity contribution >= 4 is 17.2 Å². The first kappa shape index (κ1) is 19.9. The Balaban J connectivity index is 0. The maximum absolute atomic E-state index is 11.2. The van der Waals surface area contributed by atoms with Gasteiger partial charge in [0, 0.05) is 13.7 Å². The number of nitrogens with one attached hydrogen (secondary N) is 1. The molecule has 1 aromatic heterocycles. The molecule has 0 aliphatic rings. The van der Waals surface area contributed by atoms with E-state index >= 15 is 0 Å². The second-order valence-electron chi connectivity index (χ2n) is 5.06. The Morgan fingerprint density at radius 3 is 2.55 bits per heavy atom. The largest absolute Gasteiger partial charge is 0.476 e. The molecule has 0 unspecified atom stereocenters. The summed E-state index contributed by atoms with van der Waals surface area (Å²) in [6.07, 6.45) is 4.47. The Labute approximate surface area is 135 Å². The minimum Gasteiger partial charge on any atom is -0.476 e. The van der Waals surface area contributed by atoms with Gasteiger partial charge in [-0.05, 0) is 44.4 Å². The second-order valence-corrected chi connectivity index (χ2v) is 5.06. The van der Waals surface area contributed by atoms with Gasteiger partial charge in [-0.25, -0.2) is 9.78 Å². The van der Waals surface area contributed by atoms with E-state index in [1.165, 1.54) is 0 Å². The number of anilines is 1. The maximum atomic E-state index is 11.2. The zero-order chi connectivity index (χ0) is 17.3. The van der Waals surface area contributed by atoms with E-state index < -0.39 is 5.97 Å². The summed E-state index contributed by atoms with van der Waals surface area (Å²) in [5.41, 5.74) is 3.54. The summed E-state index contributed by atoms with van der Waals surface area (Å²) in [5, 5.41) is 12.3. The van der Waals surface area contributed by atoms with E-state index in [2.05, 4.69) is 16.9 Å². The predicted molar refractivity (Wildman–Crippen MR) is 96.5 cm³/mol. The number of carboxylic acid groups (broad SMARTS) is 1. The maximum Gasteiger partial charge on any atom is 0.356 e. The summed E-state index contributed by atoms with van der Waals surface area (Å²) < 4.78 is 0. The molecule has 0 atom stereocenters. The number of carbonyl (C=O) groups is 1. The highest BCUT2D eigenvalue weighted by Gasteiger charge is 2.13. The van der Waals surface area contributed by atoms with Crippen molar-refractivity contribution in [3.8, 4) is 0 Å². The molecule has 0 fully saturated rings. The van der Waals surface area contributed by atoms with Gasteiger partial charge < -0.3 is 10.4 Å². The molecular formula is C18H30N2O2. The average Bonchev–Trinajstić information content (AvgIpc) is 2.48. The number of nitrogens with zero attached hydrogens (tertiary/aromatic N) is 1. The second kappa shape index (κ2) is 9.77. The normalized spacial score (nSPS) is 10.8. The van der Waals surface area contributed by atoms with E-state index in [0.717, 1.165) is 23.1 Å². The quantitative estimate of drug-likeness (QED) is 0.705. The van der Waals surface area contributed by atoms with Gasteiger partial charge in [0.05, 0.1) is 5.69 Å². The van der Waals surface area contributed by atoms with E-state index in [0.29, 0.717) is 5.69 Å². The lowest BCUT2D eigenvalue weighted by atomic mass is 10.0. The van der Waals surface area contributed by atoms with Gasteiger partial charge in [0.25, 0.3) is 0 Å². The van der Waals surface area contributed by atoms with E-state index in [1.54, 1.807) is 6.20 Å². The Morgan fingerprint density at radius 2 is 2.09 bits per heavy atom. The molecule has 2 N–H and O–H groups in total. The van der Waals surface area contributed by atoms with Gasteiger partial charge in [-0.3, -0.25) is 0 Å². The predicted octanol–water partition coefficient (Wildman–Crippen LogP) is 5.24. The van der Waals surface area contributed by atoms with Gasteiger partial charge in [0.1, 0.15) is 0 Å². The molecule has 0 saturated heterocycles. The molecule has 0 radical (unpaired) electrons. The van der Waals surface area contributed by atoms with Crippen molar-refractivity contribution in [3.63, 3.8) is 0 Å². The summed E-state index contributed by atoms with van der Waals surface area (Å²) in [7, 11) is 0. The summed E-state index contributed by atoms with van der Waals surface area (Å²) >= 11 is 0. The zero-order valence-electron chi connectivity index (χ0n) is 14.5. The molecule has 1 heterocycles. The van der Waals surface area contributed by atoms with Crippen LogP contribution in [0.3, 0.4) is 0 Å². The Hall–Kier alpha value is -2.10. The van der Waals surface area contributed by atoms with Gasteiger partial charge >= 0.3 is 5.97 Å². The van der Waals surface area contributed by atoms with Crippen LogP contribution in [-0.2, 0) is 0 Å². The summed E-state index contributed by atoms with van der Waals surface area (Å²) in [6.45, 7) is 15.9. The van der Waals surface area contributed by atoms with Crippen molar-refractivity contribution in [3.05, 3.63) is 41.7 Å². The third kappa shape index (κ3) is 6.12. The third-order valence-corrected chi connectivity index (χ3v) is 2.86. The molecule has 0 bridgehead atoms. The van der Waals surface area contributed by atoms with Gasteiger partial charge in [0.2, 0.25) is 0 Å². The van der Waals surface area contributed by atoms with Crippen LogP contribution in [0.2, 0.25) is 0 Å². The SMILES string of the molecule is C=C(/C=C(\C)c1cnc(C(=O)O)c(NC(C)C)c1)CC.CC.[HH]. The van der Waals surface area contributed by atoms with Crippen molar-refractivity contribution in [2.24, 2.45) is 0 Å². The van der Waals surface area contributed by atoms with Crippen molar-refractivity contribution in [2.45, 2.75) is 54.0 Å². The molecule has 0 aromatic carbocycles. The average molecular weight is 306 g/mol. The van der Waals surface area contributed by atoms with E-state index in [4.69, 9.17) is 5.11 Å². The van der Waals surface area contributed by atoms with Crippen molar-refractivity contribution in [2.75, 3.05) is 5.32 Å². The molecule has 4 nitrogen and oxygen atoms in total. The van der Waals surface area contributed by atoms with Crippen molar-refractivity contribution < 1.29 is 11.3 Å². The highest BCUT2D eigenvalue weighted by molar-refractivity contribution is 5.92. The Kier molecular flexibility index (Phi) is 8.83. The van der Waals surface area contributed by atoms with E-state index in [-0.39, 0.29) is 13.2 Å². The van der Waals surface area contributed by atoms with Crippen LogP contribution in [0.25, 0.3) is 5.57 Å². The lowest BCUT2D eigenvalue weighted by molar-refractivity contribution is 0.0691. The topological polar surface area (TPSA) is 62.2 Å². The minimum absolute atomic E-state index is 0. The molecule has 0 aliphatic carbocycles. The summed E-state index contributed by atoms with van der Waals surface area (Å²) in [6, 6.07) is 1.96. The smallest absolute Gasteiger partial charge is 0.356 e. The first-order valence-electron chi connectivity index (χ1n) is 7.71. The van der Waals surface area contributed by atoms with Crippen LogP contribution in [0.5, 0.6) is 0 Å². The van der Waals surface area contributed by atoms with Crippen molar-refractivity contribution in [1.82, 2.24) is 4.98 Å². The molecule has 1 aromatic rings. The first-order chi connectivity index (χ1) is 10.3. The number of hydrogen-bond acceptors (Lipinski definition) is 3. The molecule has 0 amide bonds. The number of allylic oxidation sites excluding steroid dienone is 3. The van der Waals surface area contributed by atoms with Crippen LogP contribution < -0.4 is 5.32 Å². The Morgan fingerprint density at radius 1 is 1.50 bits per heavy atom. The fourth-order valence-electron chi connectivity index (χ4n) is 1.76. The number of carboxylic acids is 1. The fraction of sp³-hybridized carbons (Fsp3) is 0.444. The molecular weight excluding hydrogens is 276 g/mol. The Bertz CT molecular complexity index is 552. The number of aromatic nitrogens is 1. The molecule has 0 spiro atoms. The van der Waals surface area contributed by atoms with Crippen LogP contribution in [0.4, 0.5) is 5.69 Å². The summed E-state index contributed by atoms with van der Waals surface area (Å²) in [4.78, 5) is 15.2. The van der Waals surface area contributed by atoms with Crippen LogP contribution in [0.15, 0.2) is 30.5 Å². The van der Waals surface area contributed by atoms with Gasteiger partial charge in [-0.15, -0.1) is 0 Å². The molecule has 4 heteroatoms. The van der Waals surface area contributed by atoms with E-state index in [9.17, 15) is 4.79 Å². The molecule has 124 valence electrons. The highest BCUT2D eigenvalue weighted by atomic mass is 16.4. The van der Waals surface area contributed by atoms with Gasteiger partial charge in [-0.2, -0.15) is 0 Å². The number of hydrogen-bond donors (Lipinski definition) is 2. The molecule has 1 rings (SSSR count). The monoisotopic (exact) mass is 306 g/mol. The van der Waals surface area contributed by atoms with E-state index in [1.807, 2.05) is 53.7 Å². The fourth-order valence-corrected chi connectivity index (χ4v) is 1.76. The molecule has 0 saturated carbocycles. The lowest BCUT2D eigenvalue weighted by Gasteiger charge is -2.14. The van der Waals surface area contributed by atoms with Crippen LogP contribution in [0.1, 0.15) is 65.4 Å². The zero-order valence-corrected chi connectivity index (χ0v) is 14.5. The first-order valence-corrected chi connectivity index (χ1v) is 7.71. The molecule has 22 heavy (non-hydrogen) atoms. The van der Waals surface area contributed by atoms with Gasteiger partial charge in [0.15, 0.2) is 5.69 Å². The number of aromatic carboxylic acids is 1. The number of pyridine rings is 1. The third-order valence-electron chi connectivity index (χ3n) is 2.86. The van der Waals surface area contributed by atoms with Crippen LogP contribution >= 0.6 is 0 Å². The van der Waals surface area contributed by atoms with Gasteiger partial charge in [-0.1, -0.05) is 39.0 Å².